The summed E-state index contributed by atoms with van der Waals surface area (Å²) in [4.78, 5) is 0. The van der Waals surface area contributed by atoms with Gasteiger partial charge in [0.2, 0.25) is 0 Å². The summed E-state index contributed by atoms with van der Waals surface area (Å²) in [6, 6.07) is 8.07. The second kappa shape index (κ2) is 7.39. The van der Waals surface area contributed by atoms with Crippen LogP contribution in [0.3, 0.4) is 0 Å². The first-order chi connectivity index (χ1) is 8.58. The minimum atomic E-state index is 0.0579. The Bertz CT molecular complexity index is 352. The summed E-state index contributed by atoms with van der Waals surface area (Å²) in [5.41, 5.74) is 1.15. The van der Waals surface area contributed by atoms with Gasteiger partial charge < -0.3 is 14.8 Å². The Morgan fingerprint density at radius 1 is 1.22 bits per heavy atom. The molecule has 0 saturated heterocycles. The van der Waals surface area contributed by atoms with Gasteiger partial charge in [0.25, 0.3) is 0 Å². The monoisotopic (exact) mass is 251 g/mol. The quantitative estimate of drug-likeness (QED) is 0.808. The first-order valence-electron chi connectivity index (χ1n) is 6.52. The molecule has 1 aromatic carbocycles. The van der Waals surface area contributed by atoms with Crippen LogP contribution in [0, 0.1) is 5.92 Å². The van der Waals surface area contributed by atoms with Crippen LogP contribution in [0.25, 0.3) is 0 Å². The fraction of sp³-hybridized carbons (Fsp3) is 0.600. The molecule has 1 N–H and O–H groups in total. The Kier molecular flexibility index (Phi) is 6.16. The van der Waals surface area contributed by atoms with Crippen LogP contribution in [0.4, 0.5) is 0 Å². The largest absolute Gasteiger partial charge is 0.497 e. The van der Waals surface area contributed by atoms with E-state index in [0.717, 1.165) is 17.9 Å². The molecule has 2 unspecified atom stereocenters. The van der Waals surface area contributed by atoms with E-state index in [2.05, 4.69) is 32.2 Å². The molecular weight excluding hydrogens is 226 g/mol. The molecule has 102 valence electrons. The highest BCUT2D eigenvalue weighted by Crippen LogP contribution is 2.24. The van der Waals surface area contributed by atoms with Gasteiger partial charge in [0.1, 0.15) is 5.75 Å². The standard InChI is InChI=1S/C15H25NO2/c1-11(2)12(3)18-15(10-16-4)13-7-6-8-14(9-13)17-5/h6-9,11-12,15-16H,10H2,1-5H3. The van der Waals surface area contributed by atoms with Gasteiger partial charge in [-0.1, -0.05) is 26.0 Å². The smallest absolute Gasteiger partial charge is 0.119 e. The Balaban J connectivity index is 2.82. The molecule has 0 aliphatic heterocycles. The van der Waals surface area contributed by atoms with Crippen LogP contribution < -0.4 is 10.1 Å². The molecule has 18 heavy (non-hydrogen) atoms. The van der Waals surface area contributed by atoms with E-state index in [0.29, 0.717) is 5.92 Å². The lowest BCUT2D eigenvalue weighted by Gasteiger charge is -2.25. The summed E-state index contributed by atoms with van der Waals surface area (Å²) in [6.07, 6.45) is 0.289. The summed E-state index contributed by atoms with van der Waals surface area (Å²) >= 11 is 0. The molecule has 3 heteroatoms. The van der Waals surface area contributed by atoms with E-state index < -0.39 is 0 Å². The van der Waals surface area contributed by atoms with Gasteiger partial charge in [-0.05, 0) is 37.6 Å². The Morgan fingerprint density at radius 2 is 1.94 bits per heavy atom. The molecule has 0 amide bonds. The van der Waals surface area contributed by atoms with Gasteiger partial charge in [-0.15, -0.1) is 0 Å². The molecule has 2 atom stereocenters. The van der Waals surface area contributed by atoms with Gasteiger partial charge in [0.05, 0.1) is 19.3 Å². The maximum Gasteiger partial charge on any atom is 0.119 e. The Labute approximate surface area is 110 Å². The Morgan fingerprint density at radius 3 is 2.50 bits per heavy atom. The number of methoxy groups -OCH3 is 1. The molecule has 3 nitrogen and oxygen atoms in total. The number of nitrogens with one attached hydrogen (secondary N) is 1. The third kappa shape index (κ3) is 4.31. The van der Waals surface area contributed by atoms with Crippen molar-refractivity contribution in [3.05, 3.63) is 29.8 Å². The van der Waals surface area contributed by atoms with E-state index in [1.54, 1.807) is 7.11 Å². The minimum Gasteiger partial charge on any atom is -0.497 e. The van der Waals surface area contributed by atoms with Crippen molar-refractivity contribution in [2.45, 2.75) is 33.0 Å². The van der Waals surface area contributed by atoms with Gasteiger partial charge in [-0.2, -0.15) is 0 Å². The molecule has 0 heterocycles. The summed E-state index contributed by atoms with van der Waals surface area (Å²) in [6.45, 7) is 7.26. The molecule has 0 bridgehead atoms. The molecule has 1 aromatic rings. The van der Waals surface area contributed by atoms with Crippen molar-refractivity contribution >= 4 is 0 Å². The predicted molar refractivity (Wildman–Crippen MR) is 75.0 cm³/mol. The van der Waals surface area contributed by atoms with Crippen LogP contribution in [-0.4, -0.2) is 26.8 Å². The van der Waals surface area contributed by atoms with Crippen molar-refractivity contribution in [2.24, 2.45) is 5.92 Å². The lowest BCUT2D eigenvalue weighted by molar-refractivity contribution is -0.0252. The summed E-state index contributed by atoms with van der Waals surface area (Å²) < 4.78 is 11.4. The van der Waals surface area contributed by atoms with E-state index in [9.17, 15) is 0 Å². The first kappa shape index (κ1) is 15.0. The number of hydrogen-bond acceptors (Lipinski definition) is 3. The summed E-state index contributed by atoms with van der Waals surface area (Å²) in [5.74, 6) is 1.38. The Hall–Kier alpha value is -1.06. The number of ether oxygens (including phenoxy) is 2. The molecule has 0 radical (unpaired) electrons. The average Bonchev–Trinajstić information content (AvgIpc) is 2.38. The van der Waals surface area contributed by atoms with Crippen LogP contribution in [-0.2, 0) is 4.74 Å². The molecule has 1 rings (SSSR count). The highest BCUT2D eigenvalue weighted by molar-refractivity contribution is 5.30. The van der Waals surface area contributed by atoms with Gasteiger partial charge in [0.15, 0.2) is 0 Å². The van der Waals surface area contributed by atoms with Gasteiger partial charge >= 0.3 is 0 Å². The van der Waals surface area contributed by atoms with Crippen molar-refractivity contribution in [3.8, 4) is 5.75 Å². The van der Waals surface area contributed by atoms with Crippen molar-refractivity contribution in [1.82, 2.24) is 5.32 Å². The topological polar surface area (TPSA) is 30.5 Å². The zero-order valence-electron chi connectivity index (χ0n) is 12.1. The van der Waals surface area contributed by atoms with Gasteiger partial charge in [-0.25, -0.2) is 0 Å². The summed E-state index contributed by atoms with van der Waals surface area (Å²) in [5, 5.41) is 3.18. The van der Waals surface area contributed by atoms with Crippen molar-refractivity contribution in [3.63, 3.8) is 0 Å². The molecule has 0 aliphatic rings. The second-order valence-electron chi connectivity index (χ2n) is 4.91. The second-order valence-corrected chi connectivity index (χ2v) is 4.91. The fourth-order valence-electron chi connectivity index (χ4n) is 1.69. The average molecular weight is 251 g/mol. The lowest BCUT2D eigenvalue weighted by atomic mass is 10.1. The molecular formula is C15H25NO2. The molecule has 0 fully saturated rings. The molecule has 0 aliphatic carbocycles. The van der Waals surface area contributed by atoms with Crippen LogP contribution in [0.2, 0.25) is 0 Å². The third-order valence-electron chi connectivity index (χ3n) is 3.17. The maximum absolute atomic E-state index is 6.12. The fourth-order valence-corrected chi connectivity index (χ4v) is 1.69. The normalized spacial score (nSPS) is 14.6. The van der Waals surface area contributed by atoms with Crippen LogP contribution in [0.15, 0.2) is 24.3 Å². The third-order valence-corrected chi connectivity index (χ3v) is 3.17. The highest BCUT2D eigenvalue weighted by Gasteiger charge is 2.17. The van der Waals surface area contributed by atoms with Gasteiger partial charge in [0, 0.05) is 6.54 Å². The van der Waals surface area contributed by atoms with E-state index in [4.69, 9.17) is 9.47 Å². The van der Waals surface area contributed by atoms with E-state index >= 15 is 0 Å². The van der Waals surface area contributed by atoms with E-state index in [-0.39, 0.29) is 12.2 Å². The molecule has 0 aromatic heterocycles. The van der Waals surface area contributed by atoms with Crippen LogP contribution in [0.1, 0.15) is 32.4 Å². The predicted octanol–water partition coefficient (Wildman–Crippen LogP) is 3.02. The van der Waals surface area contributed by atoms with E-state index in [1.165, 1.54) is 0 Å². The molecule has 0 spiro atoms. The van der Waals surface area contributed by atoms with Crippen LogP contribution in [0.5, 0.6) is 5.75 Å². The van der Waals surface area contributed by atoms with E-state index in [1.807, 2.05) is 25.2 Å². The van der Waals surface area contributed by atoms with Crippen LogP contribution >= 0.6 is 0 Å². The van der Waals surface area contributed by atoms with Crippen molar-refractivity contribution in [1.29, 1.82) is 0 Å². The number of benzene rings is 1. The summed E-state index contributed by atoms with van der Waals surface area (Å²) in [7, 11) is 3.63. The zero-order valence-corrected chi connectivity index (χ0v) is 12.1. The minimum absolute atomic E-state index is 0.0579. The molecule has 0 saturated carbocycles. The number of rotatable bonds is 7. The number of hydrogen-bond donors (Lipinski definition) is 1. The highest BCUT2D eigenvalue weighted by atomic mass is 16.5. The lowest BCUT2D eigenvalue weighted by Crippen LogP contribution is -2.26. The zero-order chi connectivity index (χ0) is 13.5. The first-order valence-corrected chi connectivity index (χ1v) is 6.52. The number of likely N-dealkylation sites (N-methyl/N-ethyl adjacent to an activating group) is 1. The van der Waals surface area contributed by atoms with Crippen molar-refractivity contribution in [2.75, 3.05) is 20.7 Å². The van der Waals surface area contributed by atoms with Crippen molar-refractivity contribution < 1.29 is 9.47 Å². The van der Waals surface area contributed by atoms with Gasteiger partial charge in [-0.3, -0.25) is 0 Å². The maximum atomic E-state index is 6.12. The SMILES string of the molecule is CNCC(OC(C)C(C)C)c1cccc(OC)c1.